The number of aromatic nitrogens is 3. The third-order valence-electron chi connectivity index (χ3n) is 2.87. The number of imidazole rings is 1. The van der Waals surface area contributed by atoms with E-state index in [2.05, 4.69) is 42.9 Å². The molecule has 0 spiro atoms. The molecule has 0 radical (unpaired) electrons. The molecule has 3 aromatic rings. The number of benzene rings is 1. The van der Waals surface area contributed by atoms with Crippen molar-refractivity contribution < 1.29 is 0 Å². The van der Waals surface area contributed by atoms with Crippen molar-refractivity contribution in [1.29, 1.82) is 0 Å². The molecular formula is C13H12IN5. The summed E-state index contributed by atoms with van der Waals surface area (Å²) in [4.78, 5) is 12.1. The van der Waals surface area contributed by atoms with E-state index in [0.29, 0.717) is 11.3 Å². The number of hydrogen-bond acceptors (Lipinski definition) is 4. The van der Waals surface area contributed by atoms with Gasteiger partial charge in [-0.25, -0.2) is 9.97 Å². The molecule has 0 fully saturated rings. The average Bonchev–Trinajstić information content (AvgIpc) is 2.83. The van der Waals surface area contributed by atoms with Crippen LogP contribution in [0.1, 0.15) is 0 Å². The number of hydrogen-bond donors (Lipinski definition) is 3. The van der Waals surface area contributed by atoms with Gasteiger partial charge in [0.2, 0.25) is 0 Å². The van der Waals surface area contributed by atoms with E-state index >= 15 is 0 Å². The molecule has 19 heavy (non-hydrogen) atoms. The molecule has 0 atom stereocenters. The molecule has 0 saturated heterocycles. The molecular weight excluding hydrogens is 353 g/mol. The molecule has 3 rings (SSSR count). The lowest BCUT2D eigenvalue weighted by molar-refractivity contribution is 1.28. The molecule has 96 valence electrons. The van der Waals surface area contributed by atoms with Gasteiger partial charge in [-0.15, -0.1) is 0 Å². The van der Waals surface area contributed by atoms with Gasteiger partial charge in [-0.2, -0.15) is 0 Å². The van der Waals surface area contributed by atoms with Crippen molar-refractivity contribution >= 4 is 45.3 Å². The largest absolute Gasteiger partial charge is 0.398 e. The molecule has 6 heteroatoms. The highest BCUT2D eigenvalue weighted by Crippen LogP contribution is 2.27. The summed E-state index contributed by atoms with van der Waals surface area (Å²) in [5.74, 6) is 1.54. The Hall–Kier alpha value is -1.83. The molecule has 0 aliphatic heterocycles. The van der Waals surface area contributed by atoms with Crippen molar-refractivity contribution in [1.82, 2.24) is 15.0 Å². The minimum atomic E-state index is 0.681. The fourth-order valence-electron chi connectivity index (χ4n) is 1.89. The quantitative estimate of drug-likeness (QED) is 0.482. The van der Waals surface area contributed by atoms with Crippen LogP contribution < -0.4 is 11.1 Å². The van der Waals surface area contributed by atoms with Gasteiger partial charge >= 0.3 is 0 Å². The predicted molar refractivity (Wildman–Crippen MR) is 86.0 cm³/mol. The zero-order chi connectivity index (χ0) is 13.4. The maximum absolute atomic E-state index is 6.00. The standard InChI is InChI=1S/C13H12IN5/c1-16-11-5-4-10-13(18-11)19-12(17-10)8-6-7(14)2-3-9(8)15/h2-6H,15H2,1H3,(H2,16,17,18,19). The highest BCUT2D eigenvalue weighted by Gasteiger charge is 2.10. The Kier molecular flexibility index (Phi) is 3.02. The van der Waals surface area contributed by atoms with Crippen molar-refractivity contribution in [2.45, 2.75) is 0 Å². The molecule has 4 N–H and O–H groups in total. The lowest BCUT2D eigenvalue weighted by Crippen LogP contribution is -1.92. The molecule has 0 aliphatic rings. The summed E-state index contributed by atoms with van der Waals surface area (Å²) in [6.45, 7) is 0. The minimum Gasteiger partial charge on any atom is -0.398 e. The van der Waals surface area contributed by atoms with Crippen LogP contribution in [0.5, 0.6) is 0 Å². The molecule has 0 amide bonds. The first-order chi connectivity index (χ1) is 9.17. The molecule has 0 bridgehead atoms. The first kappa shape index (κ1) is 12.2. The smallest absolute Gasteiger partial charge is 0.180 e. The van der Waals surface area contributed by atoms with Crippen LogP contribution in [-0.4, -0.2) is 22.0 Å². The van der Waals surface area contributed by atoms with Gasteiger partial charge in [-0.1, -0.05) is 0 Å². The summed E-state index contributed by atoms with van der Waals surface area (Å²) in [5, 5.41) is 3.00. The number of nitrogens with two attached hydrogens (primary N) is 1. The molecule has 5 nitrogen and oxygen atoms in total. The molecule has 0 saturated carbocycles. The zero-order valence-electron chi connectivity index (χ0n) is 10.2. The van der Waals surface area contributed by atoms with E-state index in [9.17, 15) is 0 Å². The number of pyridine rings is 1. The summed E-state index contributed by atoms with van der Waals surface area (Å²) >= 11 is 2.26. The van der Waals surface area contributed by atoms with Crippen molar-refractivity contribution in [2.24, 2.45) is 0 Å². The van der Waals surface area contributed by atoms with Crippen LogP contribution in [0.4, 0.5) is 11.5 Å². The first-order valence-corrected chi connectivity index (χ1v) is 6.85. The van der Waals surface area contributed by atoms with Crippen molar-refractivity contribution in [3.05, 3.63) is 33.9 Å². The molecule has 1 aromatic carbocycles. The molecule has 0 unspecified atom stereocenters. The third-order valence-corrected chi connectivity index (χ3v) is 3.54. The monoisotopic (exact) mass is 365 g/mol. The number of fused-ring (bicyclic) bond motifs is 1. The van der Waals surface area contributed by atoms with Crippen molar-refractivity contribution in [3.63, 3.8) is 0 Å². The number of rotatable bonds is 2. The Morgan fingerprint density at radius 1 is 1.21 bits per heavy atom. The third kappa shape index (κ3) is 2.23. The highest BCUT2D eigenvalue weighted by molar-refractivity contribution is 14.1. The van der Waals surface area contributed by atoms with E-state index in [0.717, 1.165) is 26.3 Å². The summed E-state index contributed by atoms with van der Waals surface area (Å²) in [7, 11) is 1.83. The lowest BCUT2D eigenvalue weighted by Gasteiger charge is -2.02. The van der Waals surface area contributed by atoms with Crippen molar-refractivity contribution in [3.8, 4) is 11.4 Å². The van der Waals surface area contributed by atoms with E-state index < -0.39 is 0 Å². The number of nitrogens with zero attached hydrogens (tertiary/aromatic N) is 2. The maximum Gasteiger partial charge on any atom is 0.180 e. The van der Waals surface area contributed by atoms with Crippen LogP contribution in [0.25, 0.3) is 22.6 Å². The van der Waals surface area contributed by atoms with Crippen LogP contribution in [-0.2, 0) is 0 Å². The van der Waals surface area contributed by atoms with Gasteiger partial charge in [0.05, 0.1) is 5.52 Å². The number of nitrogens with one attached hydrogen (secondary N) is 2. The number of H-pyrrole nitrogens is 1. The Morgan fingerprint density at radius 3 is 2.84 bits per heavy atom. The average molecular weight is 365 g/mol. The van der Waals surface area contributed by atoms with Crippen LogP contribution in [0, 0.1) is 3.57 Å². The minimum absolute atomic E-state index is 0.681. The van der Waals surface area contributed by atoms with E-state index in [4.69, 9.17) is 5.73 Å². The second kappa shape index (κ2) is 4.69. The van der Waals surface area contributed by atoms with E-state index in [-0.39, 0.29) is 0 Å². The molecule has 0 aliphatic carbocycles. The molecule has 2 heterocycles. The van der Waals surface area contributed by atoms with Gasteiger partial charge < -0.3 is 16.0 Å². The van der Waals surface area contributed by atoms with E-state index in [1.54, 1.807) is 0 Å². The van der Waals surface area contributed by atoms with Gasteiger partial charge in [0.25, 0.3) is 0 Å². The van der Waals surface area contributed by atoms with Crippen LogP contribution in [0.3, 0.4) is 0 Å². The SMILES string of the molecule is CNc1ccc2[nH]c(-c3cc(I)ccc3N)nc2n1. The first-order valence-electron chi connectivity index (χ1n) is 5.77. The van der Waals surface area contributed by atoms with Crippen LogP contribution >= 0.6 is 22.6 Å². The Labute approximate surface area is 123 Å². The van der Waals surface area contributed by atoms with Gasteiger partial charge in [0.1, 0.15) is 11.6 Å². The van der Waals surface area contributed by atoms with E-state index in [1.165, 1.54) is 0 Å². The fourth-order valence-corrected chi connectivity index (χ4v) is 2.38. The Balaban J connectivity index is 2.17. The van der Waals surface area contributed by atoms with Crippen LogP contribution in [0.15, 0.2) is 30.3 Å². The Morgan fingerprint density at radius 2 is 2.05 bits per heavy atom. The summed E-state index contributed by atoms with van der Waals surface area (Å²) in [6.07, 6.45) is 0. The van der Waals surface area contributed by atoms with Gasteiger partial charge in [-0.3, -0.25) is 0 Å². The number of anilines is 2. The number of aromatic amines is 1. The second-order valence-electron chi connectivity index (χ2n) is 4.13. The zero-order valence-corrected chi connectivity index (χ0v) is 12.4. The van der Waals surface area contributed by atoms with Crippen molar-refractivity contribution in [2.75, 3.05) is 18.1 Å². The number of halogens is 1. The molecule has 2 aromatic heterocycles. The summed E-state index contributed by atoms with van der Waals surface area (Å²) < 4.78 is 1.12. The second-order valence-corrected chi connectivity index (χ2v) is 5.38. The normalized spacial score (nSPS) is 10.8. The topological polar surface area (TPSA) is 79.6 Å². The van der Waals surface area contributed by atoms with Gasteiger partial charge in [-0.05, 0) is 52.9 Å². The van der Waals surface area contributed by atoms with Gasteiger partial charge in [0, 0.05) is 21.9 Å². The summed E-state index contributed by atoms with van der Waals surface area (Å²) in [6, 6.07) is 9.72. The number of nitrogen functional groups attached to an aromatic ring is 1. The van der Waals surface area contributed by atoms with Gasteiger partial charge in [0.15, 0.2) is 5.65 Å². The van der Waals surface area contributed by atoms with E-state index in [1.807, 2.05) is 37.4 Å². The highest BCUT2D eigenvalue weighted by atomic mass is 127. The summed E-state index contributed by atoms with van der Waals surface area (Å²) in [5.41, 5.74) is 9.18. The lowest BCUT2D eigenvalue weighted by atomic mass is 10.2. The Bertz CT molecular complexity index is 750. The predicted octanol–water partition coefficient (Wildman–Crippen LogP) is 2.85. The fraction of sp³-hybridized carbons (Fsp3) is 0.0769. The van der Waals surface area contributed by atoms with Crippen LogP contribution in [0.2, 0.25) is 0 Å². The maximum atomic E-state index is 6.00.